The summed E-state index contributed by atoms with van der Waals surface area (Å²) in [6.45, 7) is 5.71. The number of hydrogen-bond acceptors (Lipinski definition) is 8. The molecule has 0 unspecified atom stereocenters. The first-order chi connectivity index (χ1) is 29.1. The topological polar surface area (TPSA) is 164 Å². The lowest BCUT2D eigenvalue weighted by molar-refractivity contribution is -0.929. The van der Waals surface area contributed by atoms with Gasteiger partial charge in [-0.2, -0.15) is 13.9 Å². The minimum absolute atomic E-state index is 0.0452. The van der Waals surface area contributed by atoms with Crippen molar-refractivity contribution in [3.63, 3.8) is 0 Å². The van der Waals surface area contributed by atoms with Gasteiger partial charge in [0.05, 0.1) is 61.5 Å². The number of amides is 3. The van der Waals surface area contributed by atoms with E-state index in [1.54, 1.807) is 59.5 Å². The molecule has 2 aromatic carbocycles. The molecule has 3 aliphatic rings. The molecule has 3 fully saturated rings. The lowest BCUT2D eigenvalue weighted by Crippen LogP contribution is -2.62. The van der Waals surface area contributed by atoms with Crippen molar-refractivity contribution in [1.29, 1.82) is 0 Å². The first kappa shape index (κ1) is 43.8. The minimum Gasteiger partial charge on any atom is -0.477 e. The average molecular weight is 869 g/mol. The lowest BCUT2D eigenvalue weighted by Gasteiger charge is -2.46. The molecule has 0 atom stereocenters. The molecule has 15 nitrogen and oxygen atoms in total. The van der Waals surface area contributed by atoms with Crippen LogP contribution in [0.15, 0.2) is 42.7 Å². The van der Waals surface area contributed by atoms with Gasteiger partial charge in [-0.25, -0.2) is 14.2 Å². The van der Waals surface area contributed by atoms with Gasteiger partial charge in [-0.3, -0.25) is 19.1 Å². The molecule has 3 amide bonds. The third-order valence-electron chi connectivity index (χ3n) is 12.4. The Morgan fingerprint density at radius 1 is 1.00 bits per heavy atom. The van der Waals surface area contributed by atoms with Crippen molar-refractivity contribution in [3.05, 3.63) is 76.2 Å². The van der Waals surface area contributed by atoms with E-state index in [0.29, 0.717) is 96.3 Å². The van der Waals surface area contributed by atoms with Crippen LogP contribution in [0.4, 0.5) is 18.9 Å². The highest BCUT2D eigenvalue weighted by Gasteiger charge is 2.42. The summed E-state index contributed by atoms with van der Waals surface area (Å²) in [5.74, 6) is -1.77. The number of ether oxygens (including phenoxy) is 1. The third kappa shape index (κ3) is 9.46. The summed E-state index contributed by atoms with van der Waals surface area (Å²) < 4.78 is 48.6. The monoisotopic (exact) mass is 868 g/mol. The van der Waals surface area contributed by atoms with E-state index in [4.69, 9.17) is 11.6 Å². The number of carboxylic acid groups (broad SMARTS) is 1. The average Bonchev–Trinajstić information content (AvgIpc) is 3.78. The number of imidazole rings is 1. The first-order valence-corrected chi connectivity index (χ1v) is 20.7. The second-order valence-corrected chi connectivity index (χ2v) is 16.6. The summed E-state index contributed by atoms with van der Waals surface area (Å²) >= 11 is 6.60. The molecule has 2 aromatic heterocycles. The number of quaternary nitrogens is 1. The number of nitrogens with zero attached hydrogens (tertiary/aromatic N) is 7. The summed E-state index contributed by atoms with van der Waals surface area (Å²) in [7, 11) is 1.64. The summed E-state index contributed by atoms with van der Waals surface area (Å²) in [4.78, 5) is 60.0. The molecule has 3 N–H and O–H groups in total. The Morgan fingerprint density at radius 2 is 1.69 bits per heavy atom. The fourth-order valence-electron chi connectivity index (χ4n) is 8.80. The Morgan fingerprint density at radius 3 is 2.33 bits per heavy atom. The van der Waals surface area contributed by atoms with E-state index in [1.807, 2.05) is 0 Å². The number of carboxylic acids is 1. The zero-order valence-corrected chi connectivity index (χ0v) is 35.1. The van der Waals surface area contributed by atoms with E-state index in [-0.39, 0.29) is 59.4 Å². The van der Waals surface area contributed by atoms with E-state index in [9.17, 15) is 33.1 Å². The predicted molar refractivity (Wildman–Crippen MR) is 220 cm³/mol. The van der Waals surface area contributed by atoms with Crippen molar-refractivity contribution in [1.82, 2.24) is 34.4 Å². The van der Waals surface area contributed by atoms with Gasteiger partial charge in [-0.15, -0.1) is 0 Å². The van der Waals surface area contributed by atoms with Gasteiger partial charge in [0, 0.05) is 99.1 Å². The molecule has 0 radical (unpaired) electrons. The standard InChI is InChI=1S/C42H49ClF3N9O6/c1-25-30(6-7-31(37(25)44)33-21-49-54(26(33)2)14-17-61-42(45)46)35-22-48-38(51(35)3)39(58)50-29-4-5-32(34(43)18-29)41(60)53-12-10-52(11-13-53)40(59)28-8-15-55(16-9-28,24-36(56)57)23-27-19-47-20-27/h4-7,18,21-22,27-28,42,47H,8-17,19-20,23-24H2,1-3H3,(H-,50,56,57,58,60)/p+1. The van der Waals surface area contributed by atoms with E-state index >= 15 is 4.39 Å². The Kier molecular flexibility index (Phi) is 13.2. The molecule has 4 aromatic rings. The van der Waals surface area contributed by atoms with Crippen LogP contribution < -0.4 is 10.6 Å². The van der Waals surface area contributed by atoms with Crippen molar-refractivity contribution in [2.75, 3.05) is 77.4 Å². The highest BCUT2D eigenvalue weighted by atomic mass is 35.5. The quantitative estimate of drug-likeness (QED) is 0.153. The number of nitrogens with one attached hydrogen (secondary N) is 2. The maximum absolute atomic E-state index is 15.9. The van der Waals surface area contributed by atoms with Crippen molar-refractivity contribution >= 4 is 41.0 Å². The molecule has 7 rings (SSSR count). The normalized spacial score (nSPS) is 19.6. The van der Waals surface area contributed by atoms with Crippen LogP contribution in [0.5, 0.6) is 0 Å². The molecule has 0 bridgehead atoms. The number of benzene rings is 2. The molecule has 3 saturated heterocycles. The van der Waals surface area contributed by atoms with Gasteiger partial charge < -0.3 is 39.3 Å². The molecule has 5 heterocycles. The van der Waals surface area contributed by atoms with Gasteiger partial charge in [0.2, 0.25) is 5.91 Å². The largest absolute Gasteiger partial charge is 0.477 e. The highest BCUT2D eigenvalue weighted by molar-refractivity contribution is 6.34. The number of piperazine rings is 1. The van der Waals surface area contributed by atoms with E-state index in [1.165, 1.54) is 23.1 Å². The Hall–Kier alpha value is -5.30. The minimum atomic E-state index is -2.89. The van der Waals surface area contributed by atoms with Crippen molar-refractivity contribution in [2.24, 2.45) is 18.9 Å². The Bertz CT molecular complexity index is 2300. The number of carbonyl (C=O) groups excluding carboxylic acids is 3. The van der Waals surface area contributed by atoms with Crippen LogP contribution >= 0.6 is 11.6 Å². The summed E-state index contributed by atoms with van der Waals surface area (Å²) in [6, 6.07) is 7.91. The number of alkyl halides is 2. The van der Waals surface area contributed by atoms with Gasteiger partial charge in [0.1, 0.15) is 5.82 Å². The summed E-state index contributed by atoms with van der Waals surface area (Å²) in [6.07, 6.45) is 4.23. The van der Waals surface area contributed by atoms with Crippen molar-refractivity contribution < 1.29 is 46.7 Å². The molecule has 0 spiro atoms. The number of aromatic nitrogens is 4. The van der Waals surface area contributed by atoms with Gasteiger partial charge in [-0.1, -0.05) is 23.7 Å². The van der Waals surface area contributed by atoms with Crippen LogP contribution in [-0.2, 0) is 27.9 Å². The van der Waals surface area contributed by atoms with Crippen LogP contribution in [0.25, 0.3) is 22.4 Å². The van der Waals surface area contributed by atoms with E-state index in [2.05, 4.69) is 25.5 Å². The molecule has 19 heteroatoms. The number of aliphatic carboxylic acids is 1. The molecular formula is C42H50ClF3N9O6+. The first-order valence-electron chi connectivity index (χ1n) is 20.3. The number of halogens is 4. The Balaban J connectivity index is 0.934. The van der Waals surface area contributed by atoms with Crippen molar-refractivity contribution in [2.45, 2.75) is 39.8 Å². The third-order valence-corrected chi connectivity index (χ3v) is 12.7. The van der Waals surface area contributed by atoms with Gasteiger partial charge in [-0.05, 0) is 37.6 Å². The molecule has 3 aliphatic heterocycles. The smallest absolute Gasteiger partial charge is 0.359 e. The number of piperidine rings is 1. The van der Waals surface area contributed by atoms with Gasteiger partial charge >= 0.3 is 12.6 Å². The van der Waals surface area contributed by atoms with Crippen LogP contribution in [-0.4, -0.2) is 141 Å². The SMILES string of the molecule is Cc1c(-c2cnc(C(=O)Nc3ccc(C(=O)N4CCN(C(=O)C5CC[N+](CC(=O)O)(CC6CNC6)CC5)CC4)c(Cl)c3)n2C)ccc(-c2cnn(CCOC(F)F)c2C)c1F. The van der Waals surface area contributed by atoms with Gasteiger partial charge in [0.15, 0.2) is 12.4 Å². The number of hydrogen-bond donors (Lipinski definition) is 3. The maximum atomic E-state index is 15.9. The number of anilines is 1. The number of likely N-dealkylation sites (tertiary alicyclic amines) is 1. The summed E-state index contributed by atoms with van der Waals surface area (Å²) in [5, 5.41) is 20.0. The summed E-state index contributed by atoms with van der Waals surface area (Å²) in [5.41, 5.74) is 3.26. The Labute approximate surface area is 356 Å². The predicted octanol–water partition coefficient (Wildman–Crippen LogP) is 4.67. The van der Waals surface area contributed by atoms with Crippen LogP contribution in [0.1, 0.15) is 45.1 Å². The fraction of sp³-hybridized carbons (Fsp3) is 0.476. The van der Waals surface area contributed by atoms with Crippen LogP contribution in [0.2, 0.25) is 5.02 Å². The second-order valence-electron chi connectivity index (χ2n) is 16.2. The number of rotatable bonds is 14. The molecule has 61 heavy (non-hydrogen) atoms. The molecule has 0 saturated carbocycles. The van der Waals surface area contributed by atoms with Crippen LogP contribution in [0.3, 0.4) is 0 Å². The zero-order valence-electron chi connectivity index (χ0n) is 34.3. The molecule has 0 aliphatic carbocycles. The fourth-order valence-corrected chi connectivity index (χ4v) is 9.06. The maximum Gasteiger partial charge on any atom is 0.359 e. The molecule has 326 valence electrons. The van der Waals surface area contributed by atoms with Crippen LogP contribution in [0, 0.1) is 31.5 Å². The van der Waals surface area contributed by atoms with Crippen molar-refractivity contribution in [3.8, 4) is 22.4 Å². The highest BCUT2D eigenvalue weighted by Crippen LogP contribution is 2.34. The van der Waals surface area contributed by atoms with Gasteiger partial charge in [0.25, 0.3) is 11.8 Å². The second kappa shape index (κ2) is 18.4. The van der Waals surface area contributed by atoms with E-state index in [0.717, 1.165) is 19.6 Å². The van der Waals surface area contributed by atoms with E-state index < -0.39 is 24.3 Å². The lowest BCUT2D eigenvalue weighted by atomic mass is 9.90. The molecular weight excluding hydrogens is 819 g/mol. The zero-order chi connectivity index (χ0) is 43.6. The number of carbonyl (C=O) groups is 4.